The van der Waals surface area contributed by atoms with Gasteiger partial charge in [0.2, 0.25) is 0 Å². The summed E-state index contributed by atoms with van der Waals surface area (Å²) in [7, 11) is 0. The second-order valence-corrected chi connectivity index (χ2v) is 3.62. The van der Waals surface area contributed by atoms with E-state index in [1.165, 1.54) is 0 Å². The number of aromatic nitrogens is 1. The third kappa shape index (κ3) is 2.34. The van der Waals surface area contributed by atoms with E-state index in [2.05, 4.69) is 4.98 Å². The molecule has 0 aromatic carbocycles. The highest BCUT2D eigenvalue weighted by atomic mass is 127. The zero-order valence-electron chi connectivity index (χ0n) is 6.10. The van der Waals surface area contributed by atoms with Gasteiger partial charge in [0.05, 0.1) is 5.56 Å². The van der Waals surface area contributed by atoms with Gasteiger partial charge in [0, 0.05) is 5.56 Å². The molecule has 1 aromatic rings. The van der Waals surface area contributed by atoms with Crippen LogP contribution >= 0.6 is 34.2 Å². The summed E-state index contributed by atoms with van der Waals surface area (Å²) in [4.78, 5) is 14.1. The predicted molar refractivity (Wildman–Crippen MR) is 52.3 cm³/mol. The maximum absolute atomic E-state index is 12.3. The van der Waals surface area contributed by atoms with Crippen LogP contribution in [0.5, 0.6) is 0 Å². The lowest BCUT2D eigenvalue weighted by Crippen LogP contribution is -1.98. The normalized spacial score (nSPS) is 10.5. The minimum absolute atomic E-state index is 0.183. The highest BCUT2D eigenvalue weighted by Crippen LogP contribution is 2.27. The molecule has 0 radical (unpaired) electrons. The summed E-state index contributed by atoms with van der Waals surface area (Å²) in [6.07, 6.45) is -2.43. The van der Waals surface area contributed by atoms with Crippen LogP contribution < -0.4 is 0 Å². The molecular weight excluding hydrogens is 314 g/mol. The van der Waals surface area contributed by atoms with Crippen molar-refractivity contribution in [2.24, 2.45) is 0 Å². The van der Waals surface area contributed by atoms with E-state index < -0.39 is 6.43 Å². The zero-order valence-corrected chi connectivity index (χ0v) is 9.01. The van der Waals surface area contributed by atoms with Crippen LogP contribution in [0.4, 0.5) is 8.78 Å². The largest absolute Gasteiger partial charge is 0.298 e. The Labute approximate surface area is 91.4 Å². The van der Waals surface area contributed by atoms with Crippen molar-refractivity contribution < 1.29 is 13.6 Å². The number of hydrogen-bond acceptors (Lipinski definition) is 2. The summed E-state index contributed by atoms with van der Waals surface area (Å²) < 4.78 is 25.0. The minimum atomic E-state index is -2.71. The fraction of sp³-hybridized carbons (Fsp3) is 0.143. The average Bonchev–Trinajstić information content (AvgIpc) is 2.02. The topological polar surface area (TPSA) is 30.0 Å². The number of carbonyl (C=O) groups excluding carboxylic acids is 1. The third-order valence-corrected chi connectivity index (χ3v) is 2.21. The Morgan fingerprint density at radius 1 is 1.62 bits per heavy atom. The number of aldehydes is 1. The van der Waals surface area contributed by atoms with Crippen molar-refractivity contribution in [3.05, 3.63) is 26.0 Å². The van der Waals surface area contributed by atoms with Crippen LogP contribution in [-0.2, 0) is 0 Å². The van der Waals surface area contributed by atoms with Gasteiger partial charge in [0.15, 0.2) is 6.29 Å². The van der Waals surface area contributed by atoms with Gasteiger partial charge in [-0.3, -0.25) is 4.79 Å². The van der Waals surface area contributed by atoms with Crippen LogP contribution in [0, 0.1) is 3.70 Å². The molecule has 0 N–H and O–H groups in total. The molecule has 1 aromatic heterocycles. The van der Waals surface area contributed by atoms with Gasteiger partial charge in [0.1, 0.15) is 8.85 Å². The van der Waals surface area contributed by atoms with Crippen LogP contribution in [0.1, 0.15) is 22.3 Å². The number of rotatable bonds is 2. The number of alkyl halides is 2. The van der Waals surface area contributed by atoms with Crippen LogP contribution in [0.25, 0.3) is 0 Å². The van der Waals surface area contributed by atoms with Gasteiger partial charge in [-0.2, -0.15) is 0 Å². The molecule has 0 aliphatic carbocycles. The molecule has 1 heterocycles. The van der Waals surface area contributed by atoms with Crippen molar-refractivity contribution in [2.75, 3.05) is 0 Å². The van der Waals surface area contributed by atoms with Crippen molar-refractivity contribution in [3.8, 4) is 0 Å². The standard InChI is InChI=1S/C7H3ClF2INO/c8-6-4(2-13)3(7(9)10)1-5(11)12-6/h1-2,7H. The highest BCUT2D eigenvalue weighted by Gasteiger charge is 2.17. The maximum Gasteiger partial charge on any atom is 0.264 e. The molecule has 13 heavy (non-hydrogen) atoms. The van der Waals surface area contributed by atoms with Gasteiger partial charge in [-0.05, 0) is 28.7 Å². The Morgan fingerprint density at radius 2 is 2.23 bits per heavy atom. The number of pyridine rings is 1. The van der Waals surface area contributed by atoms with Gasteiger partial charge >= 0.3 is 0 Å². The number of hydrogen-bond donors (Lipinski definition) is 0. The van der Waals surface area contributed by atoms with Crippen LogP contribution in [0.15, 0.2) is 6.07 Å². The highest BCUT2D eigenvalue weighted by molar-refractivity contribution is 14.1. The molecule has 0 saturated heterocycles. The molecular formula is C7H3ClF2INO. The molecule has 2 nitrogen and oxygen atoms in total. The van der Waals surface area contributed by atoms with Crippen molar-refractivity contribution >= 4 is 40.5 Å². The Balaban J connectivity index is 3.38. The Hall–Kier alpha value is -0.300. The van der Waals surface area contributed by atoms with E-state index in [1.54, 1.807) is 22.6 Å². The van der Waals surface area contributed by atoms with Gasteiger partial charge in [-0.1, -0.05) is 11.6 Å². The minimum Gasteiger partial charge on any atom is -0.298 e. The van der Waals surface area contributed by atoms with E-state index in [0.717, 1.165) is 6.07 Å². The molecule has 0 spiro atoms. The quantitative estimate of drug-likeness (QED) is 0.477. The van der Waals surface area contributed by atoms with Crippen molar-refractivity contribution in [3.63, 3.8) is 0 Å². The molecule has 0 saturated carbocycles. The Bertz CT molecular complexity index is 346. The number of carbonyl (C=O) groups is 1. The lowest BCUT2D eigenvalue weighted by molar-refractivity contribution is 0.110. The van der Waals surface area contributed by atoms with Gasteiger partial charge in [-0.15, -0.1) is 0 Å². The molecule has 0 atom stereocenters. The van der Waals surface area contributed by atoms with Gasteiger partial charge < -0.3 is 0 Å². The molecule has 70 valence electrons. The second-order valence-electron chi connectivity index (χ2n) is 2.16. The molecule has 1 rings (SSSR count). The lowest BCUT2D eigenvalue weighted by atomic mass is 10.2. The van der Waals surface area contributed by atoms with Crippen LogP contribution in [-0.4, -0.2) is 11.3 Å². The molecule has 0 amide bonds. The van der Waals surface area contributed by atoms with Crippen molar-refractivity contribution in [1.29, 1.82) is 0 Å². The van der Waals surface area contributed by atoms with E-state index in [0.29, 0.717) is 3.70 Å². The molecule has 0 aliphatic heterocycles. The molecule has 6 heteroatoms. The SMILES string of the molecule is O=Cc1c(C(F)F)cc(I)nc1Cl. The summed E-state index contributed by atoms with van der Waals surface area (Å²) in [6.45, 7) is 0. The first kappa shape index (κ1) is 10.8. The van der Waals surface area contributed by atoms with E-state index in [4.69, 9.17) is 11.6 Å². The zero-order chi connectivity index (χ0) is 10.0. The van der Waals surface area contributed by atoms with E-state index >= 15 is 0 Å². The fourth-order valence-electron chi connectivity index (χ4n) is 0.809. The predicted octanol–water partition coefficient (Wildman–Crippen LogP) is 3.09. The first-order chi connectivity index (χ1) is 6.06. The first-order valence-electron chi connectivity index (χ1n) is 3.15. The van der Waals surface area contributed by atoms with Crippen LogP contribution in [0.3, 0.4) is 0 Å². The van der Waals surface area contributed by atoms with Gasteiger partial charge in [0.25, 0.3) is 6.43 Å². The van der Waals surface area contributed by atoms with Crippen LogP contribution in [0.2, 0.25) is 5.15 Å². The smallest absolute Gasteiger partial charge is 0.264 e. The molecule has 0 aliphatic rings. The summed E-state index contributed by atoms with van der Waals surface area (Å²) >= 11 is 7.25. The molecule has 0 bridgehead atoms. The lowest BCUT2D eigenvalue weighted by Gasteiger charge is -2.04. The van der Waals surface area contributed by atoms with E-state index in [9.17, 15) is 13.6 Å². The molecule has 0 fully saturated rings. The number of nitrogens with zero attached hydrogens (tertiary/aromatic N) is 1. The fourth-order valence-corrected chi connectivity index (χ4v) is 1.77. The molecule has 0 unspecified atom stereocenters. The Morgan fingerprint density at radius 3 is 2.69 bits per heavy atom. The van der Waals surface area contributed by atoms with E-state index in [-0.39, 0.29) is 22.6 Å². The monoisotopic (exact) mass is 317 g/mol. The summed E-state index contributed by atoms with van der Waals surface area (Å²) in [5.41, 5.74) is -0.614. The van der Waals surface area contributed by atoms with Gasteiger partial charge in [-0.25, -0.2) is 13.8 Å². The third-order valence-electron chi connectivity index (χ3n) is 1.37. The maximum atomic E-state index is 12.3. The Kier molecular flexibility index (Phi) is 3.55. The summed E-state index contributed by atoms with van der Waals surface area (Å²) in [5.74, 6) is 0. The first-order valence-corrected chi connectivity index (χ1v) is 4.61. The average molecular weight is 317 g/mol. The van der Waals surface area contributed by atoms with E-state index in [1.807, 2.05) is 0 Å². The summed E-state index contributed by atoms with van der Waals surface area (Å²) in [6, 6.07) is 1.14. The van der Waals surface area contributed by atoms with Crippen molar-refractivity contribution in [2.45, 2.75) is 6.43 Å². The summed E-state index contributed by atoms with van der Waals surface area (Å²) in [5, 5.41) is -0.183. The number of halogens is 4. The second kappa shape index (κ2) is 4.28. The van der Waals surface area contributed by atoms with Crippen molar-refractivity contribution in [1.82, 2.24) is 4.98 Å².